The first-order chi connectivity index (χ1) is 14.3. The first-order valence-corrected chi connectivity index (χ1v) is 10.2. The predicted molar refractivity (Wildman–Crippen MR) is 110 cm³/mol. The number of H-pyrrole nitrogens is 1. The molecule has 0 radical (unpaired) electrons. The molecule has 1 atom stereocenters. The third kappa shape index (κ3) is 3.99. The lowest BCUT2D eigenvalue weighted by Gasteiger charge is -2.31. The maximum atomic E-state index is 12.4. The monoisotopic (exact) mass is 388 g/mol. The third-order valence-electron chi connectivity index (χ3n) is 5.58. The van der Waals surface area contributed by atoms with Crippen molar-refractivity contribution < 1.29 is 4.79 Å². The quantitative estimate of drug-likeness (QED) is 0.715. The molecule has 1 aromatic carbocycles. The Morgan fingerprint density at radius 2 is 1.86 bits per heavy atom. The number of hydrogen-bond donors (Lipinski definition) is 2. The summed E-state index contributed by atoms with van der Waals surface area (Å²) in [4.78, 5) is 31.4. The fourth-order valence-corrected chi connectivity index (χ4v) is 3.77. The van der Waals surface area contributed by atoms with Crippen LogP contribution in [0.1, 0.15) is 37.4 Å². The number of piperidine rings is 1. The summed E-state index contributed by atoms with van der Waals surface area (Å²) in [6, 6.07) is 10.4. The Morgan fingerprint density at radius 1 is 1.07 bits per heavy atom. The average Bonchev–Trinajstić information content (AvgIpc) is 3.46. The van der Waals surface area contributed by atoms with Crippen LogP contribution in [-0.4, -0.2) is 50.0 Å². The van der Waals surface area contributed by atoms with Crippen molar-refractivity contribution in [3.63, 3.8) is 0 Å². The molecule has 3 heterocycles. The van der Waals surface area contributed by atoms with Gasteiger partial charge in [0.15, 0.2) is 5.82 Å². The number of carbonyl (C=O) groups excluding carboxylic acids is 1. The van der Waals surface area contributed by atoms with Crippen LogP contribution in [0, 0.1) is 0 Å². The highest BCUT2D eigenvalue weighted by molar-refractivity contribution is 5.75. The van der Waals surface area contributed by atoms with Crippen LogP contribution in [0.4, 0.5) is 4.79 Å². The van der Waals surface area contributed by atoms with E-state index in [9.17, 15) is 4.79 Å². The van der Waals surface area contributed by atoms with Gasteiger partial charge in [-0.05, 0) is 25.7 Å². The molecule has 2 amide bonds. The third-order valence-corrected chi connectivity index (χ3v) is 5.58. The van der Waals surface area contributed by atoms with Crippen molar-refractivity contribution in [2.45, 2.75) is 37.6 Å². The maximum absolute atomic E-state index is 12.4. The van der Waals surface area contributed by atoms with Gasteiger partial charge in [-0.25, -0.2) is 19.7 Å². The lowest BCUT2D eigenvalue weighted by molar-refractivity contribution is 0.178. The number of hydrogen-bond acceptors (Lipinski definition) is 4. The average molecular weight is 388 g/mol. The van der Waals surface area contributed by atoms with Crippen LogP contribution in [0.3, 0.4) is 0 Å². The minimum Gasteiger partial charge on any atom is -0.348 e. The zero-order valence-corrected chi connectivity index (χ0v) is 16.2. The second-order valence-electron chi connectivity index (χ2n) is 7.84. The van der Waals surface area contributed by atoms with E-state index in [1.165, 1.54) is 0 Å². The normalized spacial score (nSPS) is 19.2. The van der Waals surface area contributed by atoms with Gasteiger partial charge in [-0.2, -0.15) is 0 Å². The SMILES string of the molecule is O=C(NC1CC1)N1CCCC(c2nc(-c3cnc(-c4ccccc4)nc3)c[nH]2)C1. The molecule has 0 spiro atoms. The van der Waals surface area contributed by atoms with E-state index >= 15 is 0 Å². The van der Waals surface area contributed by atoms with Gasteiger partial charge in [0.1, 0.15) is 5.82 Å². The van der Waals surface area contributed by atoms with Gasteiger partial charge in [-0.3, -0.25) is 0 Å². The molecule has 1 saturated heterocycles. The van der Waals surface area contributed by atoms with Gasteiger partial charge in [0.25, 0.3) is 0 Å². The Balaban J connectivity index is 1.28. The van der Waals surface area contributed by atoms with Crippen LogP contribution >= 0.6 is 0 Å². The first kappa shape index (κ1) is 17.8. The van der Waals surface area contributed by atoms with Crippen LogP contribution in [0.5, 0.6) is 0 Å². The molecule has 7 nitrogen and oxygen atoms in total. The van der Waals surface area contributed by atoms with Crippen molar-refractivity contribution >= 4 is 6.03 Å². The minimum absolute atomic E-state index is 0.0638. The van der Waals surface area contributed by atoms with Crippen LogP contribution in [-0.2, 0) is 0 Å². The van der Waals surface area contributed by atoms with E-state index in [-0.39, 0.29) is 11.9 Å². The highest BCUT2D eigenvalue weighted by Crippen LogP contribution is 2.28. The number of imidazole rings is 1. The molecule has 7 heteroatoms. The molecule has 5 rings (SSSR count). The number of carbonyl (C=O) groups is 1. The molecule has 1 unspecified atom stereocenters. The van der Waals surface area contributed by atoms with Crippen LogP contribution < -0.4 is 5.32 Å². The number of aromatic amines is 1. The van der Waals surface area contributed by atoms with Gasteiger partial charge in [0, 0.05) is 54.8 Å². The smallest absolute Gasteiger partial charge is 0.317 e. The molecule has 3 aromatic rings. The second kappa shape index (κ2) is 7.66. The molecule has 1 aliphatic carbocycles. The largest absolute Gasteiger partial charge is 0.348 e. The van der Waals surface area contributed by atoms with E-state index in [1.807, 2.05) is 53.8 Å². The van der Waals surface area contributed by atoms with E-state index in [0.29, 0.717) is 18.4 Å². The second-order valence-corrected chi connectivity index (χ2v) is 7.84. The summed E-state index contributed by atoms with van der Waals surface area (Å²) in [7, 11) is 0. The fourth-order valence-electron chi connectivity index (χ4n) is 3.77. The molecule has 2 fully saturated rings. The van der Waals surface area contributed by atoms with Gasteiger partial charge in [-0.1, -0.05) is 30.3 Å². The Labute approximate surface area is 169 Å². The number of amides is 2. The van der Waals surface area contributed by atoms with E-state index in [2.05, 4.69) is 20.3 Å². The number of urea groups is 1. The topological polar surface area (TPSA) is 86.8 Å². The Bertz CT molecular complexity index is 980. The fraction of sp³-hybridized carbons (Fsp3) is 0.364. The Hall–Kier alpha value is -3.22. The number of aromatic nitrogens is 4. The minimum atomic E-state index is 0.0638. The van der Waals surface area contributed by atoms with Crippen LogP contribution in [0.15, 0.2) is 48.9 Å². The van der Waals surface area contributed by atoms with Crippen molar-refractivity contribution in [1.29, 1.82) is 0 Å². The molecule has 2 aromatic heterocycles. The van der Waals surface area contributed by atoms with Gasteiger partial charge >= 0.3 is 6.03 Å². The van der Waals surface area contributed by atoms with Crippen molar-refractivity contribution in [3.05, 3.63) is 54.7 Å². The molecule has 2 N–H and O–H groups in total. The van der Waals surface area contributed by atoms with Crippen molar-refractivity contribution in [3.8, 4) is 22.6 Å². The zero-order valence-electron chi connectivity index (χ0n) is 16.2. The number of likely N-dealkylation sites (tertiary alicyclic amines) is 1. The van der Waals surface area contributed by atoms with Gasteiger partial charge in [-0.15, -0.1) is 0 Å². The lowest BCUT2D eigenvalue weighted by Crippen LogP contribution is -2.45. The molecular weight excluding hydrogens is 364 g/mol. The molecule has 2 aliphatic rings. The molecule has 148 valence electrons. The van der Waals surface area contributed by atoms with Crippen LogP contribution in [0.2, 0.25) is 0 Å². The van der Waals surface area contributed by atoms with Crippen molar-refractivity contribution in [2.75, 3.05) is 13.1 Å². The summed E-state index contributed by atoms with van der Waals surface area (Å²) in [5.74, 6) is 1.86. The molecule has 1 aliphatic heterocycles. The molecular formula is C22H24N6O. The van der Waals surface area contributed by atoms with Crippen molar-refractivity contribution in [1.82, 2.24) is 30.2 Å². The standard InChI is InChI=1S/C22H24N6O/c29-22(26-18-8-9-18)28-10-4-7-16(14-28)21-25-13-19(27-21)17-11-23-20(24-12-17)15-5-2-1-3-6-15/h1-3,5-6,11-13,16,18H,4,7-10,14H2,(H,25,27)(H,26,29). The van der Waals surface area contributed by atoms with E-state index in [1.54, 1.807) is 0 Å². The Kier molecular flexibility index (Phi) is 4.71. The van der Waals surface area contributed by atoms with Gasteiger partial charge in [0.2, 0.25) is 0 Å². The summed E-state index contributed by atoms with van der Waals surface area (Å²) in [6.07, 6.45) is 9.76. The summed E-state index contributed by atoms with van der Waals surface area (Å²) in [6.45, 7) is 1.52. The number of nitrogens with zero attached hydrogens (tertiary/aromatic N) is 4. The summed E-state index contributed by atoms with van der Waals surface area (Å²) in [5.41, 5.74) is 2.71. The first-order valence-electron chi connectivity index (χ1n) is 10.2. The summed E-state index contributed by atoms with van der Waals surface area (Å²) in [5, 5.41) is 3.09. The zero-order chi connectivity index (χ0) is 19.6. The van der Waals surface area contributed by atoms with Crippen molar-refractivity contribution in [2.24, 2.45) is 0 Å². The number of benzene rings is 1. The van der Waals surface area contributed by atoms with Crippen LogP contribution in [0.25, 0.3) is 22.6 Å². The highest BCUT2D eigenvalue weighted by Gasteiger charge is 2.30. The summed E-state index contributed by atoms with van der Waals surface area (Å²) < 4.78 is 0. The molecule has 29 heavy (non-hydrogen) atoms. The summed E-state index contributed by atoms with van der Waals surface area (Å²) >= 11 is 0. The molecule has 1 saturated carbocycles. The Morgan fingerprint density at radius 3 is 2.62 bits per heavy atom. The molecule has 0 bridgehead atoms. The highest BCUT2D eigenvalue weighted by atomic mass is 16.2. The lowest BCUT2D eigenvalue weighted by atomic mass is 9.97. The van der Waals surface area contributed by atoms with E-state index < -0.39 is 0 Å². The van der Waals surface area contributed by atoms with E-state index in [4.69, 9.17) is 4.98 Å². The van der Waals surface area contributed by atoms with Gasteiger partial charge < -0.3 is 15.2 Å². The number of nitrogens with one attached hydrogen (secondary N) is 2. The maximum Gasteiger partial charge on any atom is 0.317 e. The van der Waals surface area contributed by atoms with E-state index in [0.717, 1.165) is 54.9 Å². The predicted octanol–water partition coefficient (Wildman–Crippen LogP) is 3.59. The number of rotatable bonds is 4. The van der Waals surface area contributed by atoms with Gasteiger partial charge in [0.05, 0.1) is 5.69 Å².